The van der Waals surface area contributed by atoms with Crippen molar-refractivity contribution in [1.29, 1.82) is 0 Å². The molecule has 10 nitrogen and oxygen atoms in total. The lowest BCUT2D eigenvalue weighted by atomic mass is 9.75. The number of pyridine rings is 1. The van der Waals surface area contributed by atoms with Gasteiger partial charge in [-0.05, 0) is 60.1 Å². The van der Waals surface area contributed by atoms with Crippen molar-refractivity contribution in [2.45, 2.75) is 70.6 Å². The maximum atomic E-state index is 15.6. The normalized spacial score (nSPS) is 19.0. The van der Waals surface area contributed by atoms with Gasteiger partial charge in [-0.15, -0.1) is 0 Å². The molecule has 2 N–H and O–H groups in total. The molecule has 1 fully saturated rings. The van der Waals surface area contributed by atoms with Crippen molar-refractivity contribution >= 4 is 29.4 Å². The molecule has 0 bridgehead atoms. The van der Waals surface area contributed by atoms with Crippen LogP contribution in [0.2, 0.25) is 5.02 Å². The van der Waals surface area contributed by atoms with E-state index < -0.39 is 82.3 Å². The molecule has 0 saturated heterocycles. The molecule has 0 spiro atoms. The first kappa shape index (κ1) is 37.8. The van der Waals surface area contributed by atoms with Crippen molar-refractivity contribution in [3.05, 3.63) is 94.9 Å². The van der Waals surface area contributed by atoms with Gasteiger partial charge in [-0.25, -0.2) is 27.8 Å². The second-order valence-corrected chi connectivity index (χ2v) is 14.7. The fourth-order valence-corrected chi connectivity index (χ4v) is 6.77. The van der Waals surface area contributed by atoms with Crippen LogP contribution in [0.4, 0.5) is 26.3 Å². The Morgan fingerprint density at radius 3 is 2.34 bits per heavy atom. The Bertz CT molecular complexity index is 2050. The van der Waals surface area contributed by atoms with Crippen LogP contribution in [0.1, 0.15) is 75.9 Å². The van der Waals surface area contributed by atoms with Crippen molar-refractivity contribution in [1.82, 2.24) is 24.6 Å². The number of nitrogens with two attached hydrogens (primary N) is 1. The SMILES string of the molecule is CC(C)(C)C[C@]1(c2ccc(-c3ccccn3)cc2)N=C(N)N([C@H](COC(=O)CC2(C(F)(F)F)CC2)c2cc(F)c(Cl)c(-n3ncnc3C(F)F)c2)C1=O. The van der Waals surface area contributed by atoms with Gasteiger partial charge in [0, 0.05) is 11.8 Å². The Morgan fingerprint density at radius 2 is 1.75 bits per heavy atom. The maximum absolute atomic E-state index is 15.6. The van der Waals surface area contributed by atoms with Gasteiger partial charge in [-0.1, -0.05) is 62.7 Å². The van der Waals surface area contributed by atoms with E-state index in [4.69, 9.17) is 22.1 Å². The highest BCUT2D eigenvalue weighted by atomic mass is 35.5. The molecule has 1 aliphatic heterocycles. The van der Waals surface area contributed by atoms with Gasteiger partial charge in [0.2, 0.25) is 0 Å². The first-order valence-corrected chi connectivity index (χ1v) is 16.8. The van der Waals surface area contributed by atoms with Gasteiger partial charge in [0.15, 0.2) is 17.3 Å². The fraction of sp³-hybridized carbons (Fsp3) is 0.389. The summed E-state index contributed by atoms with van der Waals surface area (Å²) in [4.78, 5) is 41.4. The standard InChI is InChI=1S/C36H34ClF6N7O3/c1-33(2,3)18-35(22-9-7-20(8-10-22)24-6-4-5-13-45-24)31(52)49(32(44)48-35)26(17-53-27(51)16-34(11-12-34)36(41,42)43)21-14-23(38)28(37)25(15-21)50-30(29(39)40)46-19-47-50/h4-10,13-15,19,26,29H,11-12,16-18H2,1-3H3,(H2,44,48)/t26-,35-/m1/s1. The Kier molecular flexibility index (Phi) is 9.81. The van der Waals surface area contributed by atoms with Crippen molar-refractivity contribution in [2.75, 3.05) is 6.61 Å². The number of esters is 1. The Balaban J connectivity index is 1.43. The largest absolute Gasteiger partial charge is 0.463 e. The van der Waals surface area contributed by atoms with Gasteiger partial charge in [-0.2, -0.15) is 18.3 Å². The van der Waals surface area contributed by atoms with Gasteiger partial charge >= 0.3 is 12.1 Å². The highest BCUT2D eigenvalue weighted by molar-refractivity contribution is 6.32. The third-order valence-electron chi connectivity index (χ3n) is 9.30. The molecule has 1 aliphatic carbocycles. The molecule has 0 unspecified atom stereocenters. The number of carbonyl (C=O) groups is 2. The number of aromatic nitrogens is 4. The lowest BCUT2D eigenvalue weighted by molar-refractivity contribution is -0.195. The third kappa shape index (κ3) is 7.33. The molecule has 1 saturated carbocycles. The monoisotopic (exact) mass is 761 g/mol. The van der Waals surface area contributed by atoms with E-state index in [-0.39, 0.29) is 30.8 Å². The van der Waals surface area contributed by atoms with E-state index in [0.717, 1.165) is 28.9 Å². The summed E-state index contributed by atoms with van der Waals surface area (Å²) in [5.41, 5.74) is 3.37. The number of benzene rings is 2. The number of aliphatic imine (C=N–C) groups is 1. The average Bonchev–Trinajstić information content (AvgIpc) is 3.64. The van der Waals surface area contributed by atoms with Gasteiger partial charge in [-0.3, -0.25) is 19.5 Å². The Morgan fingerprint density at radius 1 is 1.06 bits per heavy atom. The highest BCUT2D eigenvalue weighted by Crippen LogP contribution is 2.60. The van der Waals surface area contributed by atoms with E-state index in [1.54, 1.807) is 36.5 Å². The first-order chi connectivity index (χ1) is 24.9. The molecule has 17 heteroatoms. The summed E-state index contributed by atoms with van der Waals surface area (Å²) in [6.45, 7) is 4.84. The lowest BCUT2D eigenvalue weighted by Gasteiger charge is -2.35. The van der Waals surface area contributed by atoms with Crippen LogP contribution in [0, 0.1) is 16.6 Å². The molecule has 6 rings (SSSR count). The van der Waals surface area contributed by atoms with Crippen LogP contribution in [0.25, 0.3) is 16.9 Å². The van der Waals surface area contributed by atoms with E-state index in [9.17, 15) is 31.5 Å². The van der Waals surface area contributed by atoms with Crippen LogP contribution in [0.5, 0.6) is 0 Å². The van der Waals surface area contributed by atoms with Crippen molar-refractivity contribution in [2.24, 2.45) is 21.6 Å². The van der Waals surface area contributed by atoms with E-state index in [2.05, 4.69) is 20.1 Å². The number of guanidine groups is 1. The van der Waals surface area contributed by atoms with Gasteiger partial charge in [0.1, 0.15) is 23.8 Å². The highest BCUT2D eigenvalue weighted by Gasteiger charge is 2.64. The number of carbonyl (C=O) groups excluding carboxylic acids is 2. The quantitative estimate of drug-likeness (QED) is 0.122. The summed E-state index contributed by atoms with van der Waals surface area (Å²) in [7, 11) is 0. The number of hydrogen-bond donors (Lipinski definition) is 1. The van der Waals surface area contributed by atoms with E-state index >= 15 is 4.39 Å². The van der Waals surface area contributed by atoms with Crippen LogP contribution in [0.3, 0.4) is 0 Å². The second-order valence-electron chi connectivity index (χ2n) is 14.4. The Hall–Kier alpha value is -4.99. The number of hydrogen-bond acceptors (Lipinski definition) is 8. The molecule has 1 amide bonds. The number of rotatable bonds is 11. The predicted octanol–water partition coefficient (Wildman–Crippen LogP) is 7.86. The minimum Gasteiger partial charge on any atom is -0.463 e. The molecular formula is C36H34ClF6N7O3. The number of halogens is 7. The number of alkyl halides is 5. The number of nitrogens with zero attached hydrogens (tertiary/aromatic N) is 6. The summed E-state index contributed by atoms with van der Waals surface area (Å²) < 4.78 is 90.4. The smallest absolute Gasteiger partial charge is 0.395 e. The predicted molar refractivity (Wildman–Crippen MR) is 181 cm³/mol. The molecular weight excluding hydrogens is 728 g/mol. The molecule has 0 radical (unpaired) electrons. The lowest BCUT2D eigenvalue weighted by Crippen LogP contribution is -2.47. The summed E-state index contributed by atoms with van der Waals surface area (Å²) in [6, 6.07) is 12.8. The van der Waals surface area contributed by atoms with E-state index in [1.165, 1.54) is 0 Å². The molecule has 53 heavy (non-hydrogen) atoms. The van der Waals surface area contributed by atoms with Crippen LogP contribution in [-0.2, 0) is 19.9 Å². The summed E-state index contributed by atoms with van der Waals surface area (Å²) in [5.74, 6) is -4.30. The van der Waals surface area contributed by atoms with E-state index in [1.807, 2.05) is 32.9 Å². The van der Waals surface area contributed by atoms with Gasteiger partial charge in [0.25, 0.3) is 12.3 Å². The van der Waals surface area contributed by atoms with Gasteiger partial charge in [0.05, 0.1) is 29.3 Å². The van der Waals surface area contributed by atoms with Crippen LogP contribution in [-0.4, -0.2) is 55.3 Å². The van der Waals surface area contributed by atoms with Crippen LogP contribution < -0.4 is 5.73 Å². The van der Waals surface area contributed by atoms with Crippen LogP contribution in [0.15, 0.2) is 72.1 Å². The summed E-state index contributed by atoms with van der Waals surface area (Å²) in [5, 5.41) is 3.14. The maximum Gasteiger partial charge on any atom is 0.395 e. The van der Waals surface area contributed by atoms with Crippen LogP contribution >= 0.6 is 11.6 Å². The molecule has 3 heterocycles. The molecule has 2 aliphatic rings. The minimum atomic E-state index is -4.65. The minimum absolute atomic E-state index is 0.108. The topological polar surface area (TPSA) is 129 Å². The third-order valence-corrected chi connectivity index (χ3v) is 9.67. The van der Waals surface area contributed by atoms with Crippen molar-refractivity contribution < 1.29 is 40.7 Å². The first-order valence-electron chi connectivity index (χ1n) is 16.5. The molecule has 2 atom stereocenters. The summed E-state index contributed by atoms with van der Waals surface area (Å²) >= 11 is 6.23. The van der Waals surface area contributed by atoms with Crippen molar-refractivity contribution in [3.63, 3.8) is 0 Å². The zero-order valence-electron chi connectivity index (χ0n) is 28.7. The van der Waals surface area contributed by atoms with Gasteiger partial charge < -0.3 is 10.5 Å². The van der Waals surface area contributed by atoms with Crippen molar-refractivity contribution in [3.8, 4) is 16.9 Å². The fourth-order valence-electron chi connectivity index (χ4n) is 6.58. The molecule has 2 aromatic carbocycles. The zero-order chi connectivity index (χ0) is 38.5. The number of amides is 1. The second kappa shape index (κ2) is 13.8. The Labute approximate surface area is 305 Å². The molecule has 4 aromatic rings. The zero-order valence-corrected chi connectivity index (χ0v) is 29.4. The summed E-state index contributed by atoms with van der Waals surface area (Å²) in [6.07, 6.45) is -6.74. The average molecular weight is 762 g/mol. The number of ether oxygens (including phenoxy) is 1. The molecule has 2 aromatic heterocycles. The van der Waals surface area contributed by atoms with E-state index in [0.29, 0.717) is 15.9 Å². The molecule has 280 valence electrons.